The highest BCUT2D eigenvalue weighted by atomic mass is 79.9. The molecule has 2 N–H and O–H groups in total. The maximum Gasteiger partial charge on any atom is 0.395 e. The third-order valence-corrected chi connectivity index (χ3v) is 3.97. The van der Waals surface area contributed by atoms with Gasteiger partial charge in [-0.3, -0.25) is 4.99 Å². The minimum Gasteiger partial charge on any atom is -0.396 e. The van der Waals surface area contributed by atoms with E-state index in [1.165, 1.54) is 4.90 Å². The van der Waals surface area contributed by atoms with Crippen molar-refractivity contribution in [3.05, 3.63) is 11.5 Å². The SMILES string of the molecule is CN1C2=C(NC1Br)N(CC(CO)C(F)(F)F)CN=C2. The van der Waals surface area contributed by atoms with Crippen LogP contribution in [0.3, 0.4) is 0 Å². The zero-order valence-corrected chi connectivity index (χ0v) is 11.7. The molecule has 2 heterocycles. The number of alkyl halides is 4. The Morgan fingerprint density at radius 2 is 2.32 bits per heavy atom. The number of hydrogen-bond donors (Lipinski definition) is 2. The summed E-state index contributed by atoms with van der Waals surface area (Å²) in [5.74, 6) is -1.18. The Kier molecular flexibility index (Phi) is 3.95. The quantitative estimate of drug-likeness (QED) is 0.590. The van der Waals surface area contributed by atoms with E-state index >= 15 is 0 Å². The monoisotopic (exact) mass is 342 g/mol. The van der Waals surface area contributed by atoms with E-state index in [-0.39, 0.29) is 18.3 Å². The first-order valence-electron chi connectivity index (χ1n) is 5.64. The van der Waals surface area contributed by atoms with Crippen molar-refractivity contribution in [1.82, 2.24) is 15.1 Å². The summed E-state index contributed by atoms with van der Waals surface area (Å²) in [6, 6.07) is 0. The van der Waals surface area contributed by atoms with Crippen LogP contribution < -0.4 is 5.32 Å². The number of aliphatic imine (C=N–C) groups is 1. The number of rotatable bonds is 3. The van der Waals surface area contributed by atoms with Gasteiger partial charge >= 0.3 is 6.18 Å². The van der Waals surface area contributed by atoms with Gasteiger partial charge in [-0.2, -0.15) is 13.2 Å². The molecule has 0 spiro atoms. The topological polar surface area (TPSA) is 51.1 Å². The van der Waals surface area contributed by atoms with Crippen LogP contribution in [0, 0.1) is 5.92 Å². The van der Waals surface area contributed by atoms with Gasteiger partial charge in [0.25, 0.3) is 0 Å². The van der Waals surface area contributed by atoms with E-state index in [0.717, 1.165) is 5.70 Å². The van der Waals surface area contributed by atoms with Crippen molar-refractivity contribution in [2.75, 3.05) is 26.9 Å². The predicted octanol–water partition coefficient (Wildman–Crippen LogP) is 0.884. The molecule has 0 saturated heterocycles. The van der Waals surface area contributed by atoms with Gasteiger partial charge in [-0.15, -0.1) is 0 Å². The molecule has 0 saturated carbocycles. The van der Waals surface area contributed by atoms with E-state index in [2.05, 4.69) is 26.2 Å². The molecule has 9 heteroatoms. The van der Waals surface area contributed by atoms with Crippen LogP contribution in [-0.2, 0) is 0 Å². The Labute approximate surface area is 116 Å². The first-order valence-corrected chi connectivity index (χ1v) is 6.56. The van der Waals surface area contributed by atoms with Crippen molar-refractivity contribution in [1.29, 1.82) is 0 Å². The molecule has 0 amide bonds. The number of aliphatic hydroxyl groups excluding tert-OH is 1. The second-order valence-electron chi connectivity index (χ2n) is 4.42. The van der Waals surface area contributed by atoms with E-state index in [1.54, 1.807) is 13.3 Å². The lowest BCUT2D eigenvalue weighted by atomic mass is 10.1. The Bertz CT molecular complexity index is 412. The Balaban J connectivity index is 2.14. The van der Waals surface area contributed by atoms with Gasteiger partial charge in [0.15, 0.2) is 5.08 Å². The first-order chi connectivity index (χ1) is 8.84. The molecule has 2 atom stereocenters. The molecule has 0 aliphatic carbocycles. The highest BCUT2D eigenvalue weighted by molar-refractivity contribution is 9.09. The molecule has 0 aromatic carbocycles. The van der Waals surface area contributed by atoms with Gasteiger partial charge in [0, 0.05) is 13.6 Å². The molecule has 2 aliphatic heterocycles. The maximum absolute atomic E-state index is 12.7. The number of allylic oxidation sites excluding steroid dienone is 1. The molecular weight excluding hydrogens is 329 g/mol. The number of halogens is 4. The van der Waals surface area contributed by atoms with Gasteiger partial charge in [-0.1, -0.05) is 0 Å². The summed E-state index contributed by atoms with van der Waals surface area (Å²) < 4.78 is 38.1. The lowest BCUT2D eigenvalue weighted by Gasteiger charge is -2.30. The summed E-state index contributed by atoms with van der Waals surface area (Å²) in [4.78, 5) is 7.36. The van der Waals surface area contributed by atoms with Gasteiger partial charge in [0.1, 0.15) is 12.5 Å². The summed E-state index contributed by atoms with van der Waals surface area (Å²) in [6.45, 7) is -1.11. The highest BCUT2D eigenvalue weighted by Gasteiger charge is 2.42. The molecule has 19 heavy (non-hydrogen) atoms. The maximum atomic E-state index is 12.7. The van der Waals surface area contributed by atoms with Crippen molar-refractivity contribution in [3.63, 3.8) is 0 Å². The zero-order valence-electron chi connectivity index (χ0n) is 10.2. The molecule has 0 aromatic rings. The zero-order chi connectivity index (χ0) is 14.2. The third-order valence-electron chi connectivity index (χ3n) is 3.12. The van der Waals surface area contributed by atoms with Crippen LogP contribution in [0.5, 0.6) is 0 Å². The standard InChI is InChI=1S/C10H14BrF3N4O/c1-17-7-2-15-5-18(8(7)16-9(17)11)3-6(4-19)10(12,13)14/h2,6,9,16,19H,3-5H2,1H3. The second-order valence-corrected chi connectivity index (χ2v) is 5.29. The lowest BCUT2D eigenvalue weighted by molar-refractivity contribution is -0.187. The molecule has 108 valence electrons. The molecule has 0 aromatic heterocycles. The van der Waals surface area contributed by atoms with Crippen LogP contribution in [0.4, 0.5) is 13.2 Å². The van der Waals surface area contributed by atoms with Crippen molar-refractivity contribution in [2.24, 2.45) is 10.9 Å². The van der Waals surface area contributed by atoms with E-state index in [0.29, 0.717) is 5.82 Å². The molecule has 0 fully saturated rings. The van der Waals surface area contributed by atoms with Gasteiger partial charge in [0.2, 0.25) is 0 Å². The van der Waals surface area contributed by atoms with Crippen LogP contribution in [0.25, 0.3) is 0 Å². The third kappa shape index (κ3) is 2.81. The van der Waals surface area contributed by atoms with Gasteiger partial charge < -0.3 is 20.2 Å². The van der Waals surface area contributed by atoms with E-state index in [1.807, 2.05) is 4.90 Å². The van der Waals surface area contributed by atoms with Crippen LogP contribution in [-0.4, -0.2) is 59.2 Å². The lowest BCUT2D eigenvalue weighted by Crippen LogP contribution is -2.42. The van der Waals surface area contributed by atoms with Crippen molar-refractivity contribution >= 4 is 22.1 Å². The fourth-order valence-electron chi connectivity index (χ4n) is 1.95. The minimum absolute atomic E-state index is 0.145. The minimum atomic E-state index is -4.42. The summed E-state index contributed by atoms with van der Waals surface area (Å²) >= 11 is 3.36. The van der Waals surface area contributed by atoms with Gasteiger partial charge in [0.05, 0.1) is 24.4 Å². The summed E-state index contributed by atoms with van der Waals surface area (Å²) in [5.41, 5.74) is 0.729. The molecule has 5 nitrogen and oxygen atoms in total. The average molecular weight is 343 g/mol. The van der Waals surface area contributed by atoms with Crippen molar-refractivity contribution in [3.8, 4) is 0 Å². The molecule has 0 bridgehead atoms. The fourth-order valence-corrected chi connectivity index (χ4v) is 2.39. The van der Waals surface area contributed by atoms with E-state index in [4.69, 9.17) is 5.11 Å². The van der Waals surface area contributed by atoms with Crippen molar-refractivity contribution in [2.45, 2.75) is 11.3 Å². The largest absolute Gasteiger partial charge is 0.396 e. The molecule has 2 unspecified atom stereocenters. The van der Waals surface area contributed by atoms with Gasteiger partial charge in [-0.05, 0) is 15.9 Å². The molecule has 2 aliphatic rings. The van der Waals surface area contributed by atoms with E-state index in [9.17, 15) is 13.2 Å². The van der Waals surface area contributed by atoms with E-state index < -0.39 is 18.7 Å². The number of hydrogen-bond acceptors (Lipinski definition) is 5. The molecule has 2 rings (SSSR count). The van der Waals surface area contributed by atoms with Crippen LogP contribution in [0.2, 0.25) is 0 Å². The Hall–Kier alpha value is -0.960. The number of nitrogens with zero attached hydrogens (tertiary/aromatic N) is 3. The fraction of sp³-hybridized carbons (Fsp3) is 0.700. The molecular formula is C10H14BrF3N4O. The van der Waals surface area contributed by atoms with Crippen molar-refractivity contribution < 1.29 is 18.3 Å². The Morgan fingerprint density at radius 3 is 2.89 bits per heavy atom. The summed E-state index contributed by atoms with van der Waals surface area (Å²) in [5, 5.41) is 11.8. The van der Waals surface area contributed by atoms with Crippen LogP contribution in [0.1, 0.15) is 0 Å². The van der Waals surface area contributed by atoms with Crippen LogP contribution >= 0.6 is 15.9 Å². The molecule has 0 radical (unpaired) electrons. The summed E-state index contributed by atoms with van der Waals surface area (Å²) in [7, 11) is 1.80. The predicted molar refractivity (Wildman–Crippen MR) is 67.3 cm³/mol. The highest BCUT2D eigenvalue weighted by Crippen LogP contribution is 2.30. The number of nitrogens with one attached hydrogen (secondary N) is 1. The summed E-state index contributed by atoms with van der Waals surface area (Å²) in [6.07, 6.45) is -2.80. The second kappa shape index (κ2) is 5.20. The Morgan fingerprint density at radius 1 is 1.63 bits per heavy atom. The normalized spacial score (nSPS) is 24.6. The van der Waals surface area contributed by atoms with Crippen LogP contribution in [0.15, 0.2) is 16.5 Å². The van der Waals surface area contributed by atoms with Gasteiger partial charge in [-0.25, -0.2) is 0 Å². The number of aliphatic hydroxyl groups is 1. The first kappa shape index (κ1) is 14.4. The smallest absolute Gasteiger partial charge is 0.395 e. The average Bonchev–Trinajstić information content (AvgIpc) is 2.62.